The van der Waals surface area contributed by atoms with Crippen LogP contribution in [0.4, 0.5) is 5.69 Å². The summed E-state index contributed by atoms with van der Waals surface area (Å²) in [5.74, 6) is -0.672. The van der Waals surface area contributed by atoms with Gasteiger partial charge in [-0.25, -0.2) is 8.42 Å². The highest BCUT2D eigenvalue weighted by Crippen LogP contribution is 2.28. The van der Waals surface area contributed by atoms with Crippen LogP contribution < -0.4 is 9.62 Å². The number of rotatable bonds is 11. The van der Waals surface area contributed by atoms with Gasteiger partial charge in [0.2, 0.25) is 11.8 Å². The molecule has 7 nitrogen and oxygen atoms in total. The molecule has 1 atom stereocenters. The van der Waals surface area contributed by atoms with E-state index in [9.17, 15) is 18.0 Å². The van der Waals surface area contributed by atoms with Crippen molar-refractivity contribution in [2.75, 3.05) is 17.4 Å². The average Bonchev–Trinajstić information content (AvgIpc) is 2.92. The molecular formula is C31H37Cl2N3O4S. The van der Waals surface area contributed by atoms with Gasteiger partial charge in [0.1, 0.15) is 12.6 Å². The molecule has 0 bridgehead atoms. The van der Waals surface area contributed by atoms with Crippen LogP contribution in [0.15, 0.2) is 65.6 Å². The van der Waals surface area contributed by atoms with Gasteiger partial charge >= 0.3 is 0 Å². The molecule has 1 N–H and O–H groups in total. The third-order valence-electron chi connectivity index (χ3n) is 6.86. The van der Waals surface area contributed by atoms with E-state index in [4.69, 9.17) is 23.2 Å². The van der Waals surface area contributed by atoms with Crippen LogP contribution in [0.2, 0.25) is 10.0 Å². The number of carbonyl (C=O) groups is 2. The number of carbonyl (C=O) groups excluding carboxylic acids is 2. The summed E-state index contributed by atoms with van der Waals surface area (Å²) in [5, 5.41) is 3.55. The minimum atomic E-state index is -4.13. The molecule has 0 saturated carbocycles. The summed E-state index contributed by atoms with van der Waals surface area (Å²) >= 11 is 12.3. The van der Waals surface area contributed by atoms with Crippen molar-refractivity contribution in [3.63, 3.8) is 0 Å². The summed E-state index contributed by atoms with van der Waals surface area (Å²) in [6.45, 7) is 11.2. The standard InChI is InChI=1S/C31H37Cl2N3O4S/c1-20(2)17-34-31(38)24(6)35(18-25-10-14-28(32)29(33)16-25)30(37)19-36(26-11-9-22(4)23(5)15-26)41(39,40)27-12-7-21(3)8-13-27/h7-16,20,24H,17-19H2,1-6H3,(H,34,38)/t24-/m1/s1. The minimum absolute atomic E-state index is 0.0251. The van der Waals surface area contributed by atoms with E-state index < -0.39 is 28.5 Å². The normalized spacial score (nSPS) is 12.2. The van der Waals surface area contributed by atoms with Gasteiger partial charge in [-0.3, -0.25) is 13.9 Å². The maximum absolute atomic E-state index is 14.0. The third-order valence-corrected chi connectivity index (χ3v) is 9.38. The monoisotopic (exact) mass is 617 g/mol. The summed E-state index contributed by atoms with van der Waals surface area (Å²) in [4.78, 5) is 28.6. The minimum Gasteiger partial charge on any atom is -0.354 e. The van der Waals surface area contributed by atoms with Crippen LogP contribution in [0.1, 0.15) is 43.0 Å². The second kappa shape index (κ2) is 13.7. The predicted octanol–water partition coefficient (Wildman–Crippen LogP) is 6.30. The predicted molar refractivity (Wildman–Crippen MR) is 166 cm³/mol. The van der Waals surface area contributed by atoms with Crippen LogP contribution in [0, 0.1) is 26.7 Å². The summed E-state index contributed by atoms with van der Waals surface area (Å²) < 4.78 is 29.0. The quantitative estimate of drug-likeness (QED) is 0.273. The number of aryl methyl sites for hydroxylation is 3. The molecule has 0 aliphatic heterocycles. The SMILES string of the molecule is Cc1ccc(S(=O)(=O)N(CC(=O)N(Cc2ccc(Cl)c(Cl)c2)[C@H](C)C(=O)NCC(C)C)c2ccc(C)c(C)c2)cc1. The van der Waals surface area contributed by atoms with Crippen LogP contribution >= 0.6 is 23.2 Å². The Morgan fingerprint density at radius 2 is 1.51 bits per heavy atom. The number of benzene rings is 3. The molecule has 0 fully saturated rings. The molecular weight excluding hydrogens is 581 g/mol. The second-order valence-electron chi connectivity index (χ2n) is 10.7. The van der Waals surface area contributed by atoms with Crippen LogP contribution in [0.5, 0.6) is 0 Å². The number of hydrogen-bond acceptors (Lipinski definition) is 4. The lowest BCUT2D eigenvalue weighted by molar-refractivity contribution is -0.139. The molecule has 3 aromatic carbocycles. The van der Waals surface area contributed by atoms with Gasteiger partial charge in [-0.15, -0.1) is 0 Å². The van der Waals surface area contributed by atoms with Crippen molar-refractivity contribution in [2.45, 2.75) is 59.0 Å². The summed E-state index contributed by atoms with van der Waals surface area (Å²) in [6.07, 6.45) is 0. The molecule has 3 aromatic rings. The Bertz CT molecular complexity index is 1510. The zero-order valence-corrected chi connectivity index (χ0v) is 26.6. The van der Waals surface area contributed by atoms with E-state index in [1.165, 1.54) is 17.0 Å². The largest absolute Gasteiger partial charge is 0.354 e. The van der Waals surface area contributed by atoms with Crippen LogP contribution in [-0.4, -0.2) is 44.3 Å². The van der Waals surface area contributed by atoms with Crippen LogP contribution in [-0.2, 0) is 26.2 Å². The Balaban J connectivity index is 2.05. The van der Waals surface area contributed by atoms with Gasteiger partial charge in [0.05, 0.1) is 20.6 Å². The van der Waals surface area contributed by atoms with Gasteiger partial charge in [-0.1, -0.05) is 66.9 Å². The van der Waals surface area contributed by atoms with E-state index in [2.05, 4.69) is 5.32 Å². The first-order valence-electron chi connectivity index (χ1n) is 13.4. The molecule has 220 valence electrons. The lowest BCUT2D eigenvalue weighted by Crippen LogP contribution is -2.51. The fraction of sp³-hybridized carbons (Fsp3) is 0.355. The first-order valence-corrected chi connectivity index (χ1v) is 15.6. The number of nitrogens with one attached hydrogen (secondary N) is 1. The summed E-state index contributed by atoms with van der Waals surface area (Å²) in [7, 11) is -4.13. The number of sulfonamides is 1. The molecule has 0 radical (unpaired) electrons. The first-order chi connectivity index (χ1) is 19.2. The van der Waals surface area contributed by atoms with Crippen LogP contribution in [0.25, 0.3) is 0 Å². The molecule has 0 unspecified atom stereocenters. The van der Waals surface area contributed by atoms with Crippen LogP contribution in [0.3, 0.4) is 0 Å². The van der Waals surface area contributed by atoms with Gasteiger partial charge < -0.3 is 10.2 Å². The molecule has 2 amide bonds. The maximum Gasteiger partial charge on any atom is 0.264 e. The highest BCUT2D eigenvalue weighted by Gasteiger charge is 2.32. The fourth-order valence-corrected chi connectivity index (χ4v) is 5.84. The number of hydrogen-bond donors (Lipinski definition) is 1. The Labute approximate surface area is 253 Å². The Kier molecular flexibility index (Phi) is 10.9. The van der Waals surface area contributed by atoms with E-state index in [0.717, 1.165) is 21.0 Å². The zero-order valence-electron chi connectivity index (χ0n) is 24.2. The molecule has 0 saturated heterocycles. The molecule has 0 aliphatic rings. The van der Waals surface area contributed by atoms with Crippen molar-refractivity contribution >= 4 is 50.7 Å². The lowest BCUT2D eigenvalue weighted by atomic mass is 10.1. The highest BCUT2D eigenvalue weighted by atomic mass is 35.5. The van der Waals surface area contributed by atoms with E-state index in [1.807, 2.05) is 40.7 Å². The van der Waals surface area contributed by atoms with Crippen molar-refractivity contribution in [3.05, 3.63) is 93.0 Å². The van der Waals surface area contributed by atoms with Gasteiger partial charge in [-0.05, 0) is 86.7 Å². The molecule has 10 heteroatoms. The van der Waals surface area contributed by atoms with Crippen molar-refractivity contribution in [3.8, 4) is 0 Å². The van der Waals surface area contributed by atoms with Gasteiger partial charge in [0, 0.05) is 13.1 Å². The fourth-order valence-electron chi connectivity index (χ4n) is 4.12. The number of amides is 2. The smallest absolute Gasteiger partial charge is 0.264 e. The molecule has 0 aromatic heterocycles. The average molecular weight is 619 g/mol. The number of nitrogens with zero attached hydrogens (tertiary/aromatic N) is 2. The molecule has 0 spiro atoms. The number of halogens is 2. The van der Waals surface area contributed by atoms with E-state index in [-0.39, 0.29) is 23.3 Å². The van der Waals surface area contributed by atoms with Gasteiger partial charge in [0.15, 0.2) is 0 Å². The summed E-state index contributed by atoms with van der Waals surface area (Å²) in [5.41, 5.74) is 3.79. The first kappa shape index (κ1) is 32.4. The van der Waals surface area contributed by atoms with E-state index >= 15 is 0 Å². The van der Waals surface area contributed by atoms with Gasteiger partial charge in [0.25, 0.3) is 10.0 Å². The Hall–Kier alpha value is -3.07. The molecule has 0 aliphatic carbocycles. The molecule has 0 heterocycles. The molecule has 3 rings (SSSR count). The maximum atomic E-state index is 14.0. The van der Waals surface area contributed by atoms with Crippen molar-refractivity contribution in [1.29, 1.82) is 0 Å². The second-order valence-corrected chi connectivity index (χ2v) is 13.4. The van der Waals surface area contributed by atoms with E-state index in [1.54, 1.807) is 49.4 Å². The highest BCUT2D eigenvalue weighted by molar-refractivity contribution is 7.92. The zero-order chi connectivity index (χ0) is 30.5. The van der Waals surface area contributed by atoms with Crippen molar-refractivity contribution < 1.29 is 18.0 Å². The topological polar surface area (TPSA) is 86.8 Å². The van der Waals surface area contributed by atoms with Gasteiger partial charge in [-0.2, -0.15) is 0 Å². The third kappa shape index (κ3) is 8.24. The van der Waals surface area contributed by atoms with Crippen molar-refractivity contribution in [1.82, 2.24) is 10.2 Å². The lowest BCUT2D eigenvalue weighted by Gasteiger charge is -2.32. The van der Waals surface area contributed by atoms with Crippen molar-refractivity contribution in [2.24, 2.45) is 5.92 Å². The molecule has 41 heavy (non-hydrogen) atoms. The summed E-state index contributed by atoms with van der Waals surface area (Å²) in [6, 6.07) is 15.8. The Morgan fingerprint density at radius 1 is 0.854 bits per heavy atom. The number of anilines is 1. The Morgan fingerprint density at radius 3 is 2.10 bits per heavy atom. The van der Waals surface area contributed by atoms with E-state index in [0.29, 0.717) is 27.8 Å².